The van der Waals surface area contributed by atoms with Gasteiger partial charge in [-0.3, -0.25) is 4.79 Å². The van der Waals surface area contributed by atoms with Crippen LogP contribution in [0, 0.1) is 13.8 Å². The number of rotatable bonds is 6. The second kappa shape index (κ2) is 9.38. The highest BCUT2D eigenvalue weighted by Gasteiger charge is 2.46. The van der Waals surface area contributed by atoms with Crippen LogP contribution in [0.1, 0.15) is 38.7 Å². The molecule has 180 valence electrons. The number of amides is 1. The second-order valence-corrected chi connectivity index (χ2v) is 10.4. The number of nitrogens with zero attached hydrogens (tertiary/aromatic N) is 1. The summed E-state index contributed by atoms with van der Waals surface area (Å²) >= 11 is 0. The van der Waals surface area contributed by atoms with Crippen molar-refractivity contribution in [3.8, 4) is 0 Å². The molecule has 0 radical (unpaired) electrons. The highest BCUT2D eigenvalue weighted by atomic mass is 32.2. The Balaban J connectivity index is 1.84. The number of carbonyl (C=O) groups is 2. The van der Waals surface area contributed by atoms with E-state index in [2.05, 4.69) is 0 Å². The highest BCUT2D eigenvalue weighted by molar-refractivity contribution is 7.95. The Labute approximate surface area is 204 Å². The van der Waals surface area contributed by atoms with Gasteiger partial charge in [-0.25, -0.2) is 13.2 Å². The summed E-state index contributed by atoms with van der Waals surface area (Å²) in [7, 11) is -2.96. The standard InChI is InChI=1S/C27H25NO6S/c1-17-4-8-19(9-5-17)16-28-23(20-10-12-21(13-11-20)27(31)34-3)25(24(29)26(28)30)35(32,33)22-14-6-18(2)7-15-22/h4-15,23,29H,16H2,1-3H3/t23-/m1/s1. The minimum atomic E-state index is -4.22. The van der Waals surface area contributed by atoms with Crippen LogP contribution >= 0.6 is 0 Å². The van der Waals surface area contributed by atoms with Crippen LogP contribution in [0.4, 0.5) is 0 Å². The first kappa shape index (κ1) is 24.2. The molecule has 0 bridgehead atoms. The van der Waals surface area contributed by atoms with E-state index in [1.165, 1.54) is 36.3 Å². The minimum Gasteiger partial charge on any atom is -0.502 e. The zero-order valence-corrected chi connectivity index (χ0v) is 20.4. The molecule has 8 heteroatoms. The Morgan fingerprint density at radius 2 is 1.46 bits per heavy atom. The van der Waals surface area contributed by atoms with Crippen LogP contribution < -0.4 is 0 Å². The molecule has 4 rings (SSSR count). The van der Waals surface area contributed by atoms with Gasteiger partial charge in [0, 0.05) is 6.54 Å². The molecule has 3 aromatic rings. The van der Waals surface area contributed by atoms with E-state index in [0.29, 0.717) is 5.56 Å². The summed E-state index contributed by atoms with van der Waals surface area (Å²) in [6.07, 6.45) is 0. The van der Waals surface area contributed by atoms with E-state index in [1.54, 1.807) is 24.3 Å². The molecular weight excluding hydrogens is 466 g/mol. The quantitative estimate of drug-likeness (QED) is 0.513. The molecule has 0 aliphatic carbocycles. The Hall–Kier alpha value is -3.91. The lowest BCUT2D eigenvalue weighted by Gasteiger charge is -2.27. The summed E-state index contributed by atoms with van der Waals surface area (Å²) in [5.41, 5.74) is 3.41. The van der Waals surface area contributed by atoms with E-state index in [-0.39, 0.29) is 21.9 Å². The molecule has 0 unspecified atom stereocenters. The van der Waals surface area contributed by atoms with Crippen molar-refractivity contribution in [2.75, 3.05) is 7.11 Å². The number of aliphatic hydroxyl groups excluding tert-OH is 1. The lowest BCUT2D eigenvalue weighted by Crippen LogP contribution is -2.30. The molecule has 1 N–H and O–H groups in total. The van der Waals surface area contributed by atoms with Gasteiger partial charge < -0.3 is 14.7 Å². The van der Waals surface area contributed by atoms with Gasteiger partial charge in [0.1, 0.15) is 4.91 Å². The minimum absolute atomic E-state index is 0.0224. The molecule has 0 saturated heterocycles. The van der Waals surface area contributed by atoms with Crippen LogP contribution in [0.25, 0.3) is 0 Å². The molecule has 3 aromatic carbocycles. The van der Waals surface area contributed by atoms with Crippen LogP contribution in [-0.2, 0) is 25.9 Å². The van der Waals surface area contributed by atoms with Crippen molar-refractivity contribution in [1.82, 2.24) is 4.90 Å². The van der Waals surface area contributed by atoms with Crippen molar-refractivity contribution in [2.24, 2.45) is 0 Å². The summed E-state index contributed by atoms with van der Waals surface area (Å²) in [6, 6.07) is 18.8. The lowest BCUT2D eigenvalue weighted by atomic mass is 10.0. The van der Waals surface area contributed by atoms with E-state index < -0.39 is 33.5 Å². The number of hydrogen-bond donors (Lipinski definition) is 1. The van der Waals surface area contributed by atoms with Gasteiger partial charge in [0.25, 0.3) is 5.91 Å². The van der Waals surface area contributed by atoms with E-state index >= 15 is 0 Å². The van der Waals surface area contributed by atoms with Crippen molar-refractivity contribution in [2.45, 2.75) is 31.3 Å². The first-order valence-corrected chi connectivity index (χ1v) is 12.4. The number of ether oxygens (including phenoxy) is 1. The highest BCUT2D eigenvalue weighted by Crippen LogP contribution is 2.43. The molecule has 1 aliphatic rings. The zero-order chi connectivity index (χ0) is 25.3. The zero-order valence-electron chi connectivity index (χ0n) is 19.6. The molecule has 1 aliphatic heterocycles. The lowest BCUT2D eigenvalue weighted by molar-refractivity contribution is -0.130. The van der Waals surface area contributed by atoms with Gasteiger partial charge in [0.15, 0.2) is 5.76 Å². The molecule has 35 heavy (non-hydrogen) atoms. The third-order valence-corrected chi connectivity index (χ3v) is 7.89. The van der Waals surface area contributed by atoms with Crippen molar-refractivity contribution in [1.29, 1.82) is 0 Å². The predicted molar refractivity (Wildman–Crippen MR) is 130 cm³/mol. The van der Waals surface area contributed by atoms with Gasteiger partial charge >= 0.3 is 5.97 Å². The molecule has 0 spiro atoms. The average molecular weight is 492 g/mol. The number of sulfone groups is 1. The second-order valence-electron chi connectivity index (χ2n) is 8.46. The van der Waals surface area contributed by atoms with Crippen molar-refractivity contribution < 1.29 is 27.9 Å². The van der Waals surface area contributed by atoms with Crippen molar-refractivity contribution >= 4 is 21.7 Å². The van der Waals surface area contributed by atoms with E-state index in [0.717, 1.165) is 16.7 Å². The van der Waals surface area contributed by atoms with Crippen LogP contribution in [0.15, 0.2) is 88.4 Å². The predicted octanol–water partition coefficient (Wildman–Crippen LogP) is 4.42. The molecule has 1 heterocycles. The Morgan fingerprint density at radius 1 is 0.914 bits per heavy atom. The largest absolute Gasteiger partial charge is 0.502 e. The van der Waals surface area contributed by atoms with Gasteiger partial charge in [-0.15, -0.1) is 0 Å². The normalized spacial score (nSPS) is 16.0. The number of hydrogen-bond acceptors (Lipinski definition) is 6. The Kier molecular flexibility index (Phi) is 6.49. The van der Waals surface area contributed by atoms with Crippen LogP contribution in [0.2, 0.25) is 0 Å². The SMILES string of the molecule is COC(=O)c1ccc([C@@H]2C(S(=O)(=O)c3ccc(C)cc3)=C(O)C(=O)N2Cc2ccc(C)cc2)cc1. The smallest absolute Gasteiger partial charge is 0.337 e. The first-order chi connectivity index (χ1) is 16.6. The summed E-state index contributed by atoms with van der Waals surface area (Å²) in [5, 5.41) is 10.8. The van der Waals surface area contributed by atoms with Crippen molar-refractivity contribution in [3.05, 3.63) is 111 Å². The van der Waals surface area contributed by atoms with E-state index in [1.807, 2.05) is 38.1 Å². The fourth-order valence-electron chi connectivity index (χ4n) is 4.05. The first-order valence-electron chi connectivity index (χ1n) is 10.9. The number of aryl methyl sites for hydroxylation is 2. The Morgan fingerprint density at radius 3 is 2.00 bits per heavy atom. The average Bonchev–Trinajstić information content (AvgIpc) is 3.10. The fraction of sp³-hybridized carbons (Fsp3) is 0.185. The third kappa shape index (κ3) is 4.57. The Bertz CT molecular complexity index is 1410. The maximum absolute atomic E-state index is 13.7. The fourth-order valence-corrected chi connectivity index (χ4v) is 5.70. The van der Waals surface area contributed by atoms with E-state index in [4.69, 9.17) is 4.74 Å². The molecular formula is C27H25NO6S. The number of esters is 1. The van der Waals surface area contributed by atoms with Gasteiger partial charge in [-0.2, -0.15) is 0 Å². The van der Waals surface area contributed by atoms with E-state index in [9.17, 15) is 23.1 Å². The number of benzene rings is 3. The number of aliphatic hydroxyl groups is 1. The summed E-state index contributed by atoms with van der Waals surface area (Å²) in [4.78, 5) is 26.0. The number of carbonyl (C=O) groups excluding carboxylic acids is 2. The molecule has 0 saturated carbocycles. The molecule has 0 fully saturated rings. The topological polar surface area (TPSA) is 101 Å². The number of methoxy groups -OCH3 is 1. The van der Waals surface area contributed by atoms with Gasteiger partial charge in [0.05, 0.1) is 23.6 Å². The molecule has 1 atom stereocenters. The molecule has 0 aromatic heterocycles. The van der Waals surface area contributed by atoms with Crippen LogP contribution in [0.3, 0.4) is 0 Å². The maximum Gasteiger partial charge on any atom is 0.337 e. The summed E-state index contributed by atoms with van der Waals surface area (Å²) in [5.74, 6) is -2.13. The van der Waals surface area contributed by atoms with Crippen molar-refractivity contribution in [3.63, 3.8) is 0 Å². The summed E-state index contributed by atoms with van der Waals surface area (Å²) in [6.45, 7) is 3.86. The van der Waals surface area contributed by atoms with Crippen LogP contribution in [0.5, 0.6) is 0 Å². The van der Waals surface area contributed by atoms with Gasteiger partial charge in [0.2, 0.25) is 9.84 Å². The van der Waals surface area contributed by atoms with Gasteiger partial charge in [-0.05, 0) is 49.2 Å². The van der Waals surface area contributed by atoms with Gasteiger partial charge in [-0.1, -0.05) is 59.7 Å². The molecule has 1 amide bonds. The van der Waals surface area contributed by atoms with Crippen LogP contribution in [-0.4, -0.2) is 37.4 Å². The summed E-state index contributed by atoms with van der Waals surface area (Å²) < 4.78 is 32.1. The maximum atomic E-state index is 13.7. The third-order valence-electron chi connectivity index (χ3n) is 6.00. The molecule has 7 nitrogen and oxygen atoms in total. The monoisotopic (exact) mass is 491 g/mol.